The molecule has 134 valence electrons. The smallest absolute Gasteiger partial charge is 0.234 e. The van der Waals surface area contributed by atoms with Crippen LogP contribution in [0.15, 0.2) is 35.8 Å². The molecule has 0 spiro atoms. The van der Waals surface area contributed by atoms with Crippen LogP contribution >= 0.6 is 11.3 Å². The number of hydrogen-bond donors (Lipinski definition) is 1. The Balaban J connectivity index is 1.91. The fourth-order valence-corrected chi connectivity index (χ4v) is 4.24. The second-order valence-electron chi connectivity index (χ2n) is 7.07. The van der Waals surface area contributed by atoms with Crippen molar-refractivity contribution in [2.45, 2.75) is 32.2 Å². The number of carbonyl (C=O) groups excluding carboxylic acids is 1. The van der Waals surface area contributed by atoms with Gasteiger partial charge in [0, 0.05) is 18.1 Å². The van der Waals surface area contributed by atoms with E-state index in [-0.39, 0.29) is 17.9 Å². The van der Waals surface area contributed by atoms with Crippen LogP contribution in [0.3, 0.4) is 0 Å². The van der Waals surface area contributed by atoms with Gasteiger partial charge in [0.1, 0.15) is 10.8 Å². The highest BCUT2D eigenvalue weighted by Gasteiger charge is 2.67. The van der Waals surface area contributed by atoms with Gasteiger partial charge in [0.05, 0.1) is 25.7 Å². The van der Waals surface area contributed by atoms with Gasteiger partial charge in [0.25, 0.3) is 0 Å². The van der Waals surface area contributed by atoms with Gasteiger partial charge in [-0.3, -0.25) is 4.79 Å². The lowest BCUT2D eigenvalue weighted by Gasteiger charge is -2.29. The summed E-state index contributed by atoms with van der Waals surface area (Å²) >= 11 is 1.52. The zero-order valence-corrected chi connectivity index (χ0v) is 15.7. The van der Waals surface area contributed by atoms with Gasteiger partial charge < -0.3 is 14.7 Å². The Morgan fingerprint density at radius 1 is 1.36 bits per heavy atom. The molecule has 2 aromatic rings. The average molecular weight is 360 g/mol. The molecule has 1 heterocycles. The van der Waals surface area contributed by atoms with E-state index in [1.54, 1.807) is 18.2 Å². The Bertz CT molecular complexity index is 728. The van der Waals surface area contributed by atoms with Gasteiger partial charge in [-0.05, 0) is 29.5 Å². The molecule has 0 saturated heterocycles. The summed E-state index contributed by atoms with van der Waals surface area (Å²) in [6.07, 6.45) is 2.53. The zero-order valence-electron chi connectivity index (χ0n) is 14.9. The molecule has 1 atom stereocenters. The minimum atomic E-state index is -0.550. The van der Waals surface area contributed by atoms with E-state index in [4.69, 9.17) is 4.74 Å². The Kier molecular flexibility index (Phi) is 4.84. The molecule has 1 aromatic carbocycles. The van der Waals surface area contributed by atoms with Crippen molar-refractivity contribution in [1.29, 1.82) is 0 Å². The van der Waals surface area contributed by atoms with Crippen molar-refractivity contribution < 1.29 is 14.6 Å². The third kappa shape index (κ3) is 3.16. The quantitative estimate of drug-likeness (QED) is 0.825. The summed E-state index contributed by atoms with van der Waals surface area (Å²) in [6, 6.07) is 7.75. The second kappa shape index (κ2) is 6.77. The number of nitrogens with zero attached hydrogens (tertiary/aromatic N) is 2. The predicted octanol–water partition coefficient (Wildman–Crippen LogP) is 2.84. The van der Waals surface area contributed by atoms with E-state index < -0.39 is 5.41 Å². The van der Waals surface area contributed by atoms with E-state index in [9.17, 15) is 9.90 Å². The van der Waals surface area contributed by atoms with Crippen molar-refractivity contribution in [1.82, 2.24) is 9.88 Å². The van der Waals surface area contributed by atoms with Crippen LogP contribution in [0.5, 0.6) is 5.75 Å². The summed E-state index contributed by atoms with van der Waals surface area (Å²) in [5, 5.41) is 12.2. The van der Waals surface area contributed by atoms with Gasteiger partial charge >= 0.3 is 0 Å². The number of methoxy groups -OCH3 is 1. The number of benzene rings is 1. The topological polar surface area (TPSA) is 62.7 Å². The molecular formula is C19H24N2O3S. The van der Waals surface area contributed by atoms with Gasteiger partial charge in [-0.15, -0.1) is 11.3 Å². The van der Waals surface area contributed by atoms with Crippen LogP contribution < -0.4 is 4.74 Å². The predicted molar refractivity (Wildman–Crippen MR) is 97.7 cm³/mol. The summed E-state index contributed by atoms with van der Waals surface area (Å²) in [7, 11) is 1.63. The fraction of sp³-hybridized carbons (Fsp3) is 0.474. The normalized spacial score (nSPS) is 21.0. The average Bonchev–Trinajstić information content (AvgIpc) is 2.95. The number of ether oxygens (including phenoxy) is 1. The molecule has 6 heteroatoms. The maximum Gasteiger partial charge on any atom is 0.234 e. The molecule has 0 aliphatic heterocycles. The van der Waals surface area contributed by atoms with Crippen molar-refractivity contribution >= 4 is 17.2 Å². The fourth-order valence-electron chi connectivity index (χ4n) is 3.61. The first-order valence-corrected chi connectivity index (χ1v) is 9.26. The third-order valence-corrected chi connectivity index (χ3v) is 5.92. The van der Waals surface area contributed by atoms with E-state index in [1.165, 1.54) is 11.3 Å². The summed E-state index contributed by atoms with van der Waals surface area (Å²) in [5.74, 6) is 0.840. The molecule has 1 aromatic heterocycles. The molecule has 1 amide bonds. The molecule has 1 fully saturated rings. The van der Waals surface area contributed by atoms with Gasteiger partial charge in [0.2, 0.25) is 5.91 Å². The maximum atomic E-state index is 13.5. The SMILES string of the molecule is COc1ccc(C2(C(=O)N(CCO)Cc3nccs3)CC2(C)C)cc1. The Morgan fingerprint density at radius 2 is 2.04 bits per heavy atom. The lowest BCUT2D eigenvalue weighted by atomic mass is 9.86. The molecule has 0 radical (unpaired) electrons. The maximum absolute atomic E-state index is 13.5. The minimum Gasteiger partial charge on any atom is -0.497 e. The number of aliphatic hydroxyl groups excluding tert-OH is 1. The first-order chi connectivity index (χ1) is 11.9. The van der Waals surface area contributed by atoms with Gasteiger partial charge in [-0.25, -0.2) is 4.98 Å². The first kappa shape index (κ1) is 17.9. The summed E-state index contributed by atoms with van der Waals surface area (Å²) in [5.41, 5.74) is 0.339. The first-order valence-electron chi connectivity index (χ1n) is 8.38. The standard InChI is InChI=1S/C19H24N2O3S/c1-18(2)13-19(18,14-4-6-15(24-3)7-5-14)17(23)21(9-10-22)12-16-20-8-11-25-16/h4-8,11,22H,9-10,12-13H2,1-3H3. The minimum absolute atomic E-state index is 0.0593. The van der Waals surface area contributed by atoms with E-state index in [0.29, 0.717) is 13.1 Å². The van der Waals surface area contributed by atoms with Crippen molar-refractivity contribution in [3.05, 3.63) is 46.4 Å². The summed E-state index contributed by atoms with van der Waals surface area (Å²) in [6.45, 7) is 4.93. The van der Waals surface area contributed by atoms with Crippen molar-refractivity contribution in [2.75, 3.05) is 20.3 Å². The summed E-state index contributed by atoms with van der Waals surface area (Å²) < 4.78 is 5.24. The molecule has 1 N–H and O–H groups in total. The van der Waals surface area contributed by atoms with Crippen LogP contribution in [0.25, 0.3) is 0 Å². The van der Waals surface area contributed by atoms with Crippen LogP contribution in [-0.4, -0.2) is 41.2 Å². The van der Waals surface area contributed by atoms with Crippen LogP contribution in [0.4, 0.5) is 0 Å². The van der Waals surface area contributed by atoms with E-state index in [0.717, 1.165) is 22.7 Å². The van der Waals surface area contributed by atoms with E-state index in [1.807, 2.05) is 29.6 Å². The second-order valence-corrected chi connectivity index (χ2v) is 8.05. The van der Waals surface area contributed by atoms with Gasteiger partial charge in [-0.1, -0.05) is 26.0 Å². The molecule has 1 unspecified atom stereocenters. The lowest BCUT2D eigenvalue weighted by molar-refractivity contribution is -0.136. The number of hydrogen-bond acceptors (Lipinski definition) is 5. The number of thiazole rings is 1. The zero-order chi connectivity index (χ0) is 18.1. The van der Waals surface area contributed by atoms with Crippen molar-refractivity contribution in [2.24, 2.45) is 5.41 Å². The number of rotatable bonds is 7. The summed E-state index contributed by atoms with van der Waals surface area (Å²) in [4.78, 5) is 19.5. The number of amides is 1. The molecule has 25 heavy (non-hydrogen) atoms. The molecule has 1 aliphatic rings. The molecular weight excluding hydrogens is 336 g/mol. The largest absolute Gasteiger partial charge is 0.497 e. The van der Waals surface area contributed by atoms with E-state index in [2.05, 4.69) is 18.8 Å². The van der Waals surface area contributed by atoms with Crippen LogP contribution in [-0.2, 0) is 16.8 Å². The molecule has 0 bridgehead atoms. The Labute approximate surface area is 152 Å². The Morgan fingerprint density at radius 3 is 2.52 bits per heavy atom. The highest BCUT2D eigenvalue weighted by atomic mass is 32.1. The Hall–Kier alpha value is -1.92. The molecule has 1 aliphatic carbocycles. The van der Waals surface area contributed by atoms with Crippen LogP contribution in [0.1, 0.15) is 30.8 Å². The number of aromatic nitrogens is 1. The molecule has 1 saturated carbocycles. The highest BCUT2D eigenvalue weighted by Crippen LogP contribution is 2.65. The lowest BCUT2D eigenvalue weighted by Crippen LogP contribution is -2.42. The van der Waals surface area contributed by atoms with Gasteiger partial charge in [0.15, 0.2) is 0 Å². The van der Waals surface area contributed by atoms with Crippen molar-refractivity contribution in [3.8, 4) is 5.75 Å². The molecule has 5 nitrogen and oxygen atoms in total. The van der Waals surface area contributed by atoms with Gasteiger partial charge in [-0.2, -0.15) is 0 Å². The van der Waals surface area contributed by atoms with Crippen LogP contribution in [0, 0.1) is 5.41 Å². The van der Waals surface area contributed by atoms with Crippen LogP contribution in [0.2, 0.25) is 0 Å². The van der Waals surface area contributed by atoms with Crippen molar-refractivity contribution in [3.63, 3.8) is 0 Å². The monoisotopic (exact) mass is 360 g/mol. The highest BCUT2D eigenvalue weighted by molar-refractivity contribution is 7.09. The molecule has 3 rings (SSSR count). The number of carbonyl (C=O) groups is 1. The third-order valence-electron chi connectivity index (χ3n) is 5.15. The van der Waals surface area contributed by atoms with E-state index >= 15 is 0 Å². The number of aliphatic hydroxyl groups is 1.